The Morgan fingerprint density at radius 2 is 1.27 bits per heavy atom. The van der Waals surface area contributed by atoms with Crippen LogP contribution in [0.2, 0.25) is 0 Å². The highest BCUT2D eigenvalue weighted by atomic mass is 15.1. The zero-order chi connectivity index (χ0) is 42.9. The van der Waals surface area contributed by atoms with Crippen LogP contribution < -0.4 is 10.6 Å². The molecule has 9 aromatic rings. The van der Waals surface area contributed by atoms with Gasteiger partial charge in [-0.05, 0) is 124 Å². The molecule has 2 aliphatic carbocycles. The zero-order valence-corrected chi connectivity index (χ0v) is 35.6. The van der Waals surface area contributed by atoms with Crippen molar-refractivity contribution in [3.8, 4) is 27.9 Å². The highest BCUT2D eigenvalue weighted by Gasteiger charge is 2.47. The lowest BCUT2D eigenvalue weighted by atomic mass is 9.67. The molecule has 1 atom stereocenters. The third kappa shape index (κ3) is 6.53. The van der Waals surface area contributed by atoms with Crippen molar-refractivity contribution in [2.75, 3.05) is 4.90 Å². The maximum Gasteiger partial charge on any atom is 0.0714 e. The predicted molar refractivity (Wildman–Crippen MR) is 270 cm³/mol. The van der Waals surface area contributed by atoms with Crippen molar-refractivity contribution in [3.05, 3.63) is 277 Å². The Bertz CT molecular complexity index is 3310. The number of benzene rings is 8. The molecule has 2 aliphatic rings. The van der Waals surface area contributed by atoms with E-state index in [4.69, 9.17) is 5.73 Å². The maximum atomic E-state index is 5.63. The molecular formula is C61H47N3. The largest absolute Gasteiger partial charge is 0.405 e. The lowest BCUT2D eigenvalue weighted by Gasteiger charge is -2.35. The first-order valence-corrected chi connectivity index (χ1v) is 22.2. The Morgan fingerprint density at radius 3 is 2.08 bits per heavy atom. The van der Waals surface area contributed by atoms with Crippen LogP contribution in [0.25, 0.3) is 49.7 Å². The van der Waals surface area contributed by atoms with E-state index in [1.54, 1.807) is 6.20 Å². The fourth-order valence-corrected chi connectivity index (χ4v) is 10.2. The molecule has 64 heavy (non-hydrogen) atoms. The van der Waals surface area contributed by atoms with Crippen LogP contribution in [-0.2, 0) is 11.8 Å². The fraction of sp³-hybridized carbons (Fsp3) is 0.0492. The Balaban J connectivity index is 1.20. The Hall–Kier alpha value is -8.14. The van der Waals surface area contributed by atoms with Gasteiger partial charge < -0.3 is 15.2 Å². The van der Waals surface area contributed by atoms with E-state index in [1.807, 2.05) is 12.2 Å². The van der Waals surface area contributed by atoms with E-state index in [9.17, 15) is 0 Å². The van der Waals surface area contributed by atoms with Crippen molar-refractivity contribution in [2.24, 2.45) is 5.73 Å². The number of hydrogen-bond donors (Lipinski definition) is 1. The van der Waals surface area contributed by atoms with Crippen LogP contribution in [0, 0.1) is 0 Å². The molecule has 2 N–H and O–H groups in total. The molecular weight excluding hydrogens is 775 g/mol. The number of nitrogens with zero attached hydrogens (tertiary/aromatic N) is 2. The van der Waals surface area contributed by atoms with Gasteiger partial charge in [-0.1, -0.05) is 182 Å². The van der Waals surface area contributed by atoms with E-state index in [-0.39, 0.29) is 0 Å². The van der Waals surface area contributed by atoms with Gasteiger partial charge in [-0.15, -0.1) is 0 Å². The lowest BCUT2D eigenvalue weighted by molar-refractivity contribution is 0.767. The number of nitrogens with two attached hydrogens (primary N) is 1. The zero-order valence-electron chi connectivity index (χ0n) is 35.6. The van der Waals surface area contributed by atoms with Crippen LogP contribution in [0.5, 0.6) is 0 Å². The first kappa shape index (κ1) is 38.8. The molecule has 3 heteroatoms. The second kappa shape index (κ2) is 16.6. The lowest BCUT2D eigenvalue weighted by Crippen LogP contribution is -2.29. The number of hydrogen-bond acceptors (Lipinski definition) is 2. The van der Waals surface area contributed by atoms with E-state index < -0.39 is 5.41 Å². The van der Waals surface area contributed by atoms with Gasteiger partial charge >= 0.3 is 0 Å². The molecule has 0 bridgehead atoms. The van der Waals surface area contributed by atoms with Crippen molar-refractivity contribution in [3.63, 3.8) is 0 Å². The standard InChI is InChI=1S/C61H47N3/c62-40-20-6-7-21-44-34-36-49(37-35-44)63(51-41-55(45-22-8-3-9-23-45)60-56(42-51)54-31-17-19-33-59(54)64(60)48-28-14-5-15-29-48)50-38-39-53-52-30-16-18-32-57(52)61(58(53)43-50,47-26-12-4-13-27-47)46-24-10-1-2-11-25-46/h1,3-20,22-43H,2,21,62H2/b7-6-,40-20-. The second-order valence-corrected chi connectivity index (χ2v) is 16.5. The van der Waals surface area contributed by atoms with Crippen molar-refractivity contribution >= 4 is 38.9 Å². The summed E-state index contributed by atoms with van der Waals surface area (Å²) in [5.41, 5.74) is 23.0. The average molecular weight is 822 g/mol. The minimum atomic E-state index is -0.545. The molecule has 0 fully saturated rings. The summed E-state index contributed by atoms with van der Waals surface area (Å²) in [5.74, 6) is 0. The quantitative estimate of drug-likeness (QED) is 0.139. The van der Waals surface area contributed by atoms with Crippen molar-refractivity contribution < 1.29 is 0 Å². The van der Waals surface area contributed by atoms with Crippen LogP contribution >= 0.6 is 0 Å². The molecule has 1 heterocycles. The smallest absolute Gasteiger partial charge is 0.0714 e. The SMILES string of the molecule is N/C=C\C=C/Cc1ccc(N(c2ccc3c(c2)C(C2=CC=CCC=C2)(c2ccccc2)c2ccccc2-3)c2cc(-c3ccccc3)c3c(c2)c2ccccc2n3-c2ccccc2)cc1. The monoisotopic (exact) mass is 821 g/mol. The molecule has 0 spiro atoms. The molecule has 0 amide bonds. The van der Waals surface area contributed by atoms with Gasteiger partial charge in [0.15, 0.2) is 0 Å². The van der Waals surface area contributed by atoms with Gasteiger partial charge in [0.25, 0.3) is 0 Å². The van der Waals surface area contributed by atoms with Gasteiger partial charge in [0.1, 0.15) is 0 Å². The summed E-state index contributed by atoms with van der Waals surface area (Å²) in [4.78, 5) is 2.47. The number of rotatable bonds is 10. The van der Waals surface area contributed by atoms with E-state index >= 15 is 0 Å². The fourth-order valence-electron chi connectivity index (χ4n) is 10.2. The highest BCUT2D eigenvalue weighted by Crippen LogP contribution is 2.58. The summed E-state index contributed by atoms with van der Waals surface area (Å²) in [6, 6.07) is 71.6. The molecule has 3 nitrogen and oxygen atoms in total. The third-order valence-corrected chi connectivity index (χ3v) is 12.9. The average Bonchev–Trinajstić information content (AvgIpc) is 3.68. The van der Waals surface area contributed by atoms with Crippen LogP contribution in [0.4, 0.5) is 17.1 Å². The summed E-state index contributed by atoms with van der Waals surface area (Å²) in [6.45, 7) is 0. The van der Waals surface area contributed by atoms with Gasteiger partial charge in [-0.3, -0.25) is 0 Å². The molecule has 11 rings (SSSR count). The van der Waals surface area contributed by atoms with E-state index in [0.29, 0.717) is 0 Å². The number of para-hydroxylation sites is 2. The van der Waals surface area contributed by atoms with Crippen molar-refractivity contribution in [1.82, 2.24) is 4.57 Å². The predicted octanol–water partition coefficient (Wildman–Crippen LogP) is 15.2. The summed E-state index contributed by atoms with van der Waals surface area (Å²) in [7, 11) is 0. The van der Waals surface area contributed by atoms with Crippen molar-refractivity contribution in [2.45, 2.75) is 18.3 Å². The Kier molecular flexibility index (Phi) is 10.1. The third-order valence-electron chi connectivity index (χ3n) is 12.9. The van der Waals surface area contributed by atoms with E-state index in [2.05, 4.69) is 240 Å². The minimum Gasteiger partial charge on any atom is -0.405 e. The Labute approximate surface area is 375 Å². The van der Waals surface area contributed by atoms with E-state index in [0.717, 1.165) is 41.2 Å². The minimum absolute atomic E-state index is 0.545. The topological polar surface area (TPSA) is 34.2 Å². The van der Waals surface area contributed by atoms with Crippen LogP contribution in [0.15, 0.2) is 255 Å². The molecule has 306 valence electrons. The van der Waals surface area contributed by atoms with Gasteiger partial charge in [-0.2, -0.15) is 0 Å². The van der Waals surface area contributed by atoms with E-state index in [1.165, 1.54) is 66.3 Å². The van der Waals surface area contributed by atoms with Gasteiger partial charge in [-0.25, -0.2) is 0 Å². The van der Waals surface area contributed by atoms with Crippen LogP contribution in [0.1, 0.15) is 28.7 Å². The molecule has 0 radical (unpaired) electrons. The molecule has 1 unspecified atom stereocenters. The summed E-state index contributed by atoms with van der Waals surface area (Å²) < 4.78 is 2.44. The van der Waals surface area contributed by atoms with Crippen molar-refractivity contribution in [1.29, 1.82) is 0 Å². The molecule has 1 aromatic heterocycles. The number of anilines is 3. The second-order valence-electron chi connectivity index (χ2n) is 16.5. The number of allylic oxidation sites excluding steroid dienone is 9. The molecule has 8 aromatic carbocycles. The molecule has 0 aliphatic heterocycles. The van der Waals surface area contributed by atoms with Crippen LogP contribution in [-0.4, -0.2) is 4.57 Å². The first-order chi connectivity index (χ1) is 31.7. The Morgan fingerprint density at radius 1 is 0.562 bits per heavy atom. The van der Waals surface area contributed by atoms with Crippen LogP contribution in [0.3, 0.4) is 0 Å². The molecule has 0 saturated heterocycles. The maximum absolute atomic E-state index is 5.63. The molecule has 0 saturated carbocycles. The first-order valence-electron chi connectivity index (χ1n) is 22.2. The highest BCUT2D eigenvalue weighted by molar-refractivity contribution is 6.15. The van der Waals surface area contributed by atoms with Gasteiger partial charge in [0.2, 0.25) is 0 Å². The number of aromatic nitrogens is 1. The summed E-state index contributed by atoms with van der Waals surface area (Å²) in [5, 5.41) is 2.41. The summed E-state index contributed by atoms with van der Waals surface area (Å²) in [6.07, 6.45) is 20.7. The normalized spacial score (nSPS) is 15.5. The number of fused-ring (bicyclic) bond motifs is 6. The van der Waals surface area contributed by atoms with Gasteiger partial charge in [0.05, 0.1) is 16.4 Å². The van der Waals surface area contributed by atoms with Gasteiger partial charge in [0, 0.05) is 39.1 Å². The summed E-state index contributed by atoms with van der Waals surface area (Å²) >= 11 is 0.